The summed E-state index contributed by atoms with van der Waals surface area (Å²) in [5.74, 6) is 0.890. The third-order valence-corrected chi connectivity index (χ3v) is 5.24. The van der Waals surface area contributed by atoms with Crippen LogP contribution >= 0.6 is 12.4 Å². The zero-order valence-corrected chi connectivity index (χ0v) is 17.1. The Morgan fingerprint density at radius 1 is 1.25 bits per heavy atom. The SMILES string of the molecule is Cc1ccccc1-n1ncc(C(=O)N2CCNCC2c2nccn2C)c1C.Cl. The van der Waals surface area contributed by atoms with Crippen molar-refractivity contribution in [3.63, 3.8) is 0 Å². The van der Waals surface area contributed by atoms with Crippen molar-refractivity contribution in [3.05, 3.63) is 65.5 Å². The Balaban J connectivity index is 0.00000225. The molecule has 1 aliphatic rings. The molecule has 1 unspecified atom stereocenters. The normalized spacial score (nSPS) is 16.7. The number of carbonyl (C=O) groups excluding carboxylic acids is 1. The molecule has 0 spiro atoms. The molecular weight excluding hydrogens is 376 g/mol. The number of nitrogens with one attached hydrogen (secondary N) is 1. The molecule has 1 saturated heterocycles. The lowest BCUT2D eigenvalue weighted by Crippen LogP contribution is -2.49. The smallest absolute Gasteiger partial charge is 0.258 e. The summed E-state index contributed by atoms with van der Waals surface area (Å²) in [6.07, 6.45) is 5.36. The number of amides is 1. The Kier molecular flexibility index (Phi) is 5.86. The fourth-order valence-corrected chi connectivity index (χ4v) is 3.69. The predicted molar refractivity (Wildman–Crippen MR) is 110 cm³/mol. The molecule has 1 N–H and O–H groups in total. The summed E-state index contributed by atoms with van der Waals surface area (Å²) in [7, 11) is 1.96. The van der Waals surface area contributed by atoms with Gasteiger partial charge in [-0.2, -0.15) is 5.10 Å². The molecule has 2 aromatic heterocycles. The first-order valence-corrected chi connectivity index (χ1v) is 9.17. The number of imidazole rings is 1. The highest BCUT2D eigenvalue weighted by Gasteiger charge is 2.32. The monoisotopic (exact) mass is 400 g/mol. The van der Waals surface area contributed by atoms with Gasteiger partial charge < -0.3 is 14.8 Å². The summed E-state index contributed by atoms with van der Waals surface area (Å²) in [5.41, 5.74) is 3.61. The van der Waals surface area contributed by atoms with Crippen LogP contribution in [0, 0.1) is 13.8 Å². The Hall–Kier alpha value is -2.64. The number of rotatable bonds is 3. The molecule has 28 heavy (non-hydrogen) atoms. The van der Waals surface area contributed by atoms with Gasteiger partial charge in [-0.05, 0) is 25.5 Å². The van der Waals surface area contributed by atoms with E-state index in [-0.39, 0.29) is 24.4 Å². The molecule has 4 rings (SSSR count). The van der Waals surface area contributed by atoms with Crippen LogP contribution in [0.5, 0.6) is 0 Å². The summed E-state index contributed by atoms with van der Waals surface area (Å²) in [4.78, 5) is 19.7. The number of nitrogens with zero attached hydrogens (tertiary/aromatic N) is 5. The molecule has 1 amide bonds. The van der Waals surface area contributed by atoms with Gasteiger partial charge in [-0.25, -0.2) is 9.67 Å². The minimum absolute atomic E-state index is 0. The minimum Gasteiger partial charge on any atom is -0.336 e. The van der Waals surface area contributed by atoms with E-state index in [2.05, 4.69) is 15.4 Å². The van der Waals surface area contributed by atoms with Crippen LogP contribution in [0.2, 0.25) is 0 Å². The van der Waals surface area contributed by atoms with E-state index in [1.54, 1.807) is 12.4 Å². The van der Waals surface area contributed by atoms with Crippen LogP contribution in [0.4, 0.5) is 0 Å². The molecule has 7 nitrogen and oxygen atoms in total. The van der Waals surface area contributed by atoms with Crippen molar-refractivity contribution in [3.8, 4) is 5.69 Å². The first kappa shape index (κ1) is 20.1. The van der Waals surface area contributed by atoms with Crippen LogP contribution in [0.3, 0.4) is 0 Å². The van der Waals surface area contributed by atoms with E-state index in [0.717, 1.165) is 29.3 Å². The van der Waals surface area contributed by atoms with Gasteiger partial charge in [0.1, 0.15) is 11.9 Å². The maximum atomic E-state index is 13.4. The fraction of sp³-hybridized carbons (Fsp3) is 0.350. The lowest BCUT2D eigenvalue weighted by atomic mass is 10.1. The van der Waals surface area contributed by atoms with Crippen molar-refractivity contribution in [2.45, 2.75) is 19.9 Å². The lowest BCUT2D eigenvalue weighted by Gasteiger charge is -2.35. The molecule has 1 aromatic carbocycles. The van der Waals surface area contributed by atoms with Gasteiger partial charge in [-0.3, -0.25) is 4.79 Å². The second-order valence-corrected chi connectivity index (χ2v) is 6.96. The van der Waals surface area contributed by atoms with Crippen LogP contribution < -0.4 is 5.32 Å². The predicted octanol–water partition coefficient (Wildman–Crippen LogP) is 2.43. The average molecular weight is 401 g/mol. The van der Waals surface area contributed by atoms with Crippen molar-refractivity contribution in [1.82, 2.24) is 29.5 Å². The second kappa shape index (κ2) is 8.16. The van der Waals surface area contributed by atoms with E-state index >= 15 is 0 Å². The van der Waals surface area contributed by atoms with Gasteiger partial charge in [0.2, 0.25) is 0 Å². The van der Waals surface area contributed by atoms with Crippen LogP contribution in [0.15, 0.2) is 42.9 Å². The fourth-order valence-electron chi connectivity index (χ4n) is 3.69. The van der Waals surface area contributed by atoms with Crippen molar-refractivity contribution in [2.24, 2.45) is 7.05 Å². The largest absolute Gasteiger partial charge is 0.336 e. The number of halogens is 1. The zero-order chi connectivity index (χ0) is 19.0. The van der Waals surface area contributed by atoms with Crippen molar-refractivity contribution in [1.29, 1.82) is 0 Å². The first-order chi connectivity index (χ1) is 13.1. The summed E-state index contributed by atoms with van der Waals surface area (Å²) in [5, 5.41) is 7.87. The lowest BCUT2D eigenvalue weighted by molar-refractivity contribution is 0.0620. The molecule has 0 bridgehead atoms. The van der Waals surface area contributed by atoms with Crippen LogP contribution in [0.1, 0.15) is 33.5 Å². The van der Waals surface area contributed by atoms with Crippen LogP contribution in [0.25, 0.3) is 5.69 Å². The molecule has 0 radical (unpaired) electrons. The van der Waals surface area contributed by atoms with E-state index in [0.29, 0.717) is 18.7 Å². The summed E-state index contributed by atoms with van der Waals surface area (Å²) in [6, 6.07) is 7.96. The Labute approximate surface area is 170 Å². The number of para-hydroxylation sites is 1. The van der Waals surface area contributed by atoms with Crippen LogP contribution in [-0.4, -0.2) is 49.8 Å². The van der Waals surface area contributed by atoms with Gasteiger partial charge in [0.15, 0.2) is 0 Å². The van der Waals surface area contributed by atoms with E-state index in [4.69, 9.17) is 0 Å². The number of aromatic nitrogens is 4. The van der Waals surface area contributed by atoms with Crippen molar-refractivity contribution in [2.75, 3.05) is 19.6 Å². The summed E-state index contributed by atoms with van der Waals surface area (Å²) >= 11 is 0. The van der Waals surface area contributed by atoms with Crippen molar-refractivity contribution >= 4 is 18.3 Å². The molecule has 3 heterocycles. The molecular formula is C20H25ClN6O. The third kappa shape index (κ3) is 3.43. The van der Waals surface area contributed by atoms with E-state index in [9.17, 15) is 4.79 Å². The highest BCUT2D eigenvalue weighted by Crippen LogP contribution is 2.25. The standard InChI is InChI=1S/C20H24N6O.ClH/c1-14-6-4-5-7-17(14)26-15(2)16(12-23-26)20(27)25-11-8-21-13-18(25)19-22-9-10-24(19)3;/h4-7,9-10,12,18,21H,8,11,13H2,1-3H3;1H. The van der Waals surface area contributed by atoms with E-state index in [1.807, 2.05) is 65.5 Å². The topological polar surface area (TPSA) is 68.0 Å². The van der Waals surface area contributed by atoms with Gasteiger partial charge in [0, 0.05) is 39.1 Å². The third-order valence-electron chi connectivity index (χ3n) is 5.24. The van der Waals surface area contributed by atoms with E-state index < -0.39 is 0 Å². The van der Waals surface area contributed by atoms with Gasteiger partial charge in [0.05, 0.1) is 23.1 Å². The molecule has 1 atom stereocenters. The number of aryl methyl sites for hydroxylation is 2. The zero-order valence-electron chi connectivity index (χ0n) is 16.3. The molecule has 8 heteroatoms. The summed E-state index contributed by atoms with van der Waals surface area (Å²) in [6.45, 7) is 6.11. The molecule has 148 valence electrons. The Morgan fingerprint density at radius 3 is 2.75 bits per heavy atom. The first-order valence-electron chi connectivity index (χ1n) is 9.17. The Morgan fingerprint density at radius 2 is 2.04 bits per heavy atom. The minimum atomic E-state index is -0.0903. The maximum absolute atomic E-state index is 13.4. The molecule has 3 aromatic rings. The molecule has 1 aliphatic heterocycles. The quantitative estimate of drug-likeness (QED) is 0.733. The second-order valence-electron chi connectivity index (χ2n) is 6.96. The number of benzene rings is 1. The van der Waals surface area contributed by atoms with Gasteiger partial charge >= 0.3 is 0 Å². The van der Waals surface area contributed by atoms with Gasteiger partial charge in [0.25, 0.3) is 5.91 Å². The van der Waals surface area contributed by atoms with Crippen molar-refractivity contribution < 1.29 is 4.79 Å². The van der Waals surface area contributed by atoms with E-state index in [1.165, 1.54) is 0 Å². The average Bonchev–Trinajstić information content (AvgIpc) is 3.27. The highest BCUT2D eigenvalue weighted by atomic mass is 35.5. The molecule has 0 saturated carbocycles. The number of carbonyl (C=O) groups is 1. The summed E-state index contributed by atoms with van der Waals surface area (Å²) < 4.78 is 3.82. The van der Waals surface area contributed by atoms with Gasteiger partial charge in [-0.15, -0.1) is 12.4 Å². The number of hydrogen-bond donors (Lipinski definition) is 1. The maximum Gasteiger partial charge on any atom is 0.258 e. The molecule has 1 fully saturated rings. The van der Waals surface area contributed by atoms with Crippen LogP contribution in [-0.2, 0) is 7.05 Å². The van der Waals surface area contributed by atoms with Gasteiger partial charge in [-0.1, -0.05) is 18.2 Å². The number of hydrogen-bond acceptors (Lipinski definition) is 4. The highest BCUT2D eigenvalue weighted by molar-refractivity contribution is 5.95. The number of piperazine rings is 1. The molecule has 0 aliphatic carbocycles. The Bertz CT molecular complexity index is 979.